The minimum absolute atomic E-state index is 0.0653. The molecule has 2 aromatic rings. The molecule has 1 amide bonds. The second-order valence-electron chi connectivity index (χ2n) is 7.04. The Hall–Kier alpha value is -3.36. The van der Waals surface area contributed by atoms with Crippen molar-refractivity contribution < 1.29 is 29.0 Å². The van der Waals surface area contributed by atoms with E-state index in [0.717, 1.165) is 10.1 Å². The Morgan fingerprint density at radius 3 is 2.50 bits per heavy atom. The number of hydrogen-bond donors (Lipinski definition) is 2. The van der Waals surface area contributed by atoms with Gasteiger partial charge >= 0.3 is 18.2 Å². The number of aromatic nitrogens is 2. The smallest absolute Gasteiger partial charge is 0.419 e. The van der Waals surface area contributed by atoms with Crippen LogP contribution in [-0.2, 0) is 27.3 Å². The van der Waals surface area contributed by atoms with Crippen LogP contribution < -0.4 is 5.32 Å². The Morgan fingerprint density at radius 2 is 1.89 bits per heavy atom. The van der Waals surface area contributed by atoms with Crippen LogP contribution >= 0.6 is 0 Å². The standard InChI is InChI=1S/C19H23N3O6/c1-19(2,3)28-17(25)21-15(16(23)24)9-14-10-20-12-22(14)18(26)27-11-13-7-5-4-6-8-13/h4-8,10,12,15H,9,11H2,1-3H3,(H,21,25)(H,23,24)/t15-/m0/s1. The summed E-state index contributed by atoms with van der Waals surface area (Å²) in [5, 5.41) is 11.7. The maximum Gasteiger partial charge on any atom is 0.419 e. The third-order valence-electron chi connectivity index (χ3n) is 3.52. The Bertz CT molecular complexity index is 826. The first-order valence-electron chi connectivity index (χ1n) is 8.60. The largest absolute Gasteiger partial charge is 0.480 e. The molecule has 1 aromatic heterocycles. The molecular formula is C19H23N3O6. The van der Waals surface area contributed by atoms with E-state index in [0.29, 0.717) is 0 Å². The number of ether oxygens (including phenoxy) is 2. The molecule has 2 rings (SSSR count). The first-order valence-corrected chi connectivity index (χ1v) is 8.60. The summed E-state index contributed by atoms with van der Waals surface area (Å²) in [6, 6.07) is 7.83. The van der Waals surface area contributed by atoms with Crippen LogP contribution in [0.2, 0.25) is 0 Å². The van der Waals surface area contributed by atoms with Gasteiger partial charge in [0.05, 0.1) is 5.69 Å². The van der Waals surface area contributed by atoms with Crippen LogP contribution in [-0.4, -0.2) is 44.5 Å². The van der Waals surface area contributed by atoms with Gasteiger partial charge < -0.3 is 19.9 Å². The average Bonchev–Trinajstić information content (AvgIpc) is 3.06. The maximum absolute atomic E-state index is 12.3. The van der Waals surface area contributed by atoms with Crippen molar-refractivity contribution in [1.82, 2.24) is 14.9 Å². The van der Waals surface area contributed by atoms with Gasteiger partial charge in [0.1, 0.15) is 24.6 Å². The topological polar surface area (TPSA) is 120 Å². The molecule has 0 aliphatic heterocycles. The number of nitrogens with zero attached hydrogens (tertiary/aromatic N) is 2. The van der Waals surface area contributed by atoms with E-state index in [1.54, 1.807) is 20.8 Å². The van der Waals surface area contributed by atoms with Crippen molar-refractivity contribution in [3.63, 3.8) is 0 Å². The summed E-state index contributed by atoms with van der Waals surface area (Å²) >= 11 is 0. The minimum atomic E-state index is -1.30. The van der Waals surface area contributed by atoms with E-state index in [1.165, 1.54) is 12.5 Å². The fraction of sp³-hybridized carbons (Fsp3) is 0.368. The second-order valence-corrected chi connectivity index (χ2v) is 7.04. The van der Waals surface area contributed by atoms with Crippen molar-refractivity contribution in [2.24, 2.45) is 0 Å². The summed E-state index contributed by atoms with van der Waals surface area (Å²) in [7, 11) is 0. The highest BCUT2D eigenvalue weighted by Gasteiger charge is 2.26. The molecule has 9 heteroatoms. The van der Waals surface area contributed by atoms with Crippen molar-refractivity contribution in [1.29, 1.82) is 0 Å². The predicted molar refractivity (Wildman–Crippen MR) is 98.7 cm³/mol. The zero-order valence-corrected chi connectivity index (χ0v) is 15.9. The first kappa shape index (κ1) is 20.9. The Kier molecular flexibility index (Phi) is 6.75. The number of alkyl carbamates (subject to hydrolysis) is 1. The molecule has 28 heavy (non-hydrogen) atoms. The number of carboxylic acids is 1. The molecule has 0 aliphatic carbocycles. The Labute approximate surface area is 162 Å². The van der Waals surface area contributed by atoms with E-state index < -0.39 is 29.8 Å². The summed E-state index contributed by atoms with van der Waals surface area (Å²) < 4.78 is 11.4. The van der Waals surface area contributed by atoms with E-state index in [9.17, 15) is 19.5 Å². The van der Waals surface area contributed by atoms with Gasteiger partial charge in [0, 0.05) is 12.6 Å². The molecule has 0 unspecified atom stereocenters. The third kappa shape index (κ3) is 6.42. The molecular weight excluding hydrogens is 366 g/mol. The van der Waals surface area contributed by atoms with E-state index in [-0.39, 0.29) is 18.7 Å². The van der Waals surface area contributed by atoms with Gasteiger partial charge in [-0.05, 0) is 26.3 Å². The monoisotopic (exact) mass is 389 g/mol. The maximum atomic E-state index is 12.3. The zero-order chi connectivity index (χ0) is 20.7. The summed E-state index contributed by atoms with van der Waals surface area (Å²) in [4.78, 5) is 39.5. The number of carboxylic acid groups (broad SMARTS) is 1. The van der Waals surface area contributed by atoms with Gasteiger partial charge in [0.2, 0.25) is 0 Å². The van der Waals surface area contributed by atoms with Crippen LogP contribution in [0.25, 0.3) is 0 Å². The van der Waals surface area contributed by atoms with Gasteiger partial charge in [0.15, 0.2) is 0 Å². The molecule has 0 saturated carbocycles. The molecule has 9 nitrogen and oxygen atoms in total. The highest BCUT2D eigenvalue weighted by molar-refractivity contribution is 5.80. The molecule has 150 valence electrons. The fourth-order valence-corrected chi connectivity index (χ4v) is 2.29. The van der Waals surface area contributed by atoms with Gasteiger partial charge in [-0.25, -0.2) is 23.9 Å². The normalized spacial score (nSPS) is 12.1. The van der Waals surface area contributed by atoms with Crippen LogP contribution in [0.3, 0.4) is 0 Å². The number of aliphatic carboxylic acids is 1. The molecule has 0 saturated heterocycles. The summed E-state index contributed by atoms with van der Waals surface area (Å²) in [6.45, 7) is 5.07. The number of benzene rings is 1. The number of amides is 1. The molecule has 2 N–H and O–H groups in total. The highest BCUT2D eigenvalue weighted by Crippen LogP contribution is 2.10. The quantitative estimate of drug-likeness (QED) is 0.779. The molecule has 0 aliphatic rings. The first-order chi connectivity index (χ1) is 13.2. The summed E-state index contributed by atoms with van der Waals surface area (Å²) in [5.41, 5.74) is 0.324. The minimum Gasteiger partial charge on any atom is -0.480 e. The van der Waals surface area contributed by atoms with Gasteiger partial charge in [0.25, 0.3) is 0 Å². The summed E-state index contributed by atoms with van der Waals surface area (Å²) in [6.07, 6.45) is 0.843. The van der Waals surface area contributed by atoms with Crippen molar-refractivity contribution >= 4 is 18.2 Å². The molecule has 0 fully saturated rings. The number of carbonyl (C=O) groups is 3. The van der Waals surface area contributed by atoms with Gasteiger partial charge in [-0.2, -0.15) is 0 Å². The van der Waals surface area contributed by atoms with Crippen molar-refractivity contribution in [3.05, 3.63) is 54.1 Å². The van der Waals surface area contributed by atoms with Gasteiger partial charge in [-0.3, -0.25) is 0 Å². The SMILES string of the molecule is CC(C)(C)OC(=O)N[C@@H](Cc1cncn1C(=O)OCc1ccccc1)C(=O)O. The lowest BCUT2D eigenvalue weighted by Gasteiger charge is -2.22. The summed E-state index contributed by atoms with van der Waals surface area (Å²) in [5.74, 6) is -1.27. The predicted octanol–water partition coefficient (Wildman–Crippen LogP) is 2.59. The van der Waals surface area contributed by atoms with Crippen molar-refractivity contribution in [2.45, 2.75) is 45.4 Å². The molecule has 0 bridgehead atoms. The molecule has 1 aromatic carbocycles. The molecule has 0 spiro atoms. The number of nitrogens with one attached hydrogen (secondary N) is 1. The average molecular weight is 389 g/mol. The Morgan fingerprint density at radius 1 is 1.21 bits per heavy atom. The van der Waals surface area contributed by atoms with Crippen LogP contribution in [0.1, 0.15) is 32.0 Å². The number of rotatable bonds is 6. The zero-order valence-electron chi connectivity index (χ0n) is 15.9. The highest BCUT2D eigenvalue weighted by atomic mass is 16.6. The number of carbonyl (C=O) groups excluding carboxylic acids is 2. The lowest BCUT2D eigenvalue weighted by Crippen LogP contribution is -2.45. The van der Waals surface area contributed by atoms with E-state index >= 15 is 0 Å². The van der Waals surface area contributed by atoms with Crippen molar-refractivity contribution in [3.8, 4) is 0 Å². The molecule has 1 atom stereocenters. The number of hydrogen-bond acceptors (Lipinski definition) is 6. The van der Waals surface area contributed by atoms with Crippen LogP contribution in [0.5, 0.6) is 0 Å². The number of imidazole rings is 1. The van der Waals surface area contributed by atoms with Crippen LogP contribution in [0, 0.1) is 0 Å². The van der Waals surface area contributed by atoms with Crippen LogP contribution in [0.15, 0.2) is 42.9 Å². The van der Waals surface area contributed by atoms with E-state index in [2.05, 4.69) is 10.3 Å². The molecule has 0 radical (unpaired) electrons. The fourth-order valence-electron chi connectivity index (χ4n) is 2.29. The molecule has 1 heterocycles. The third-order valence-corrected chi connectivity index (χ3v) is 3.52. The van der Waals surface area contributed by atoms with E-state index in [1.807, 2.05) is 30.3 Å². The van der Waals surface area contributed by atoms with Gasteiger partial charge in [-0.1, -0.05) is 30.3 Å². The Balaban J connectivity index is 2.02. The van der Waals surface area contributed by atoms with Crippen molar-refractivity contribution in [2.75, 3.05) is 0 Å². The lowest BCUT2D eigenvalue weighted by molar-refractivity contribution is -0.139. The lowest BCUT2D eigenvalue weighted by atomic mass is 10.1. The second kappa shape index (κ2) is 9.03. The van der Waals surface area contributed by atoms with E-state index in [4.69, 9.17) is 9.47 Å². The van der Waals surface area contributed by atoms with Crippen LogP contribution in [0.4, 0.5) is 9.59 Å². The van der Waals surface area contributed by atoms with Gasteiger partial charge in [-0.15, -0.1) is 0 Å².